The summed E-state index contributed by atoms with van der Waals surface area (Å²) in [7, 11) is 0. The lowest BCUT2D eigenvalue weighted by Crippen LogP contribution is -1.84. The van der Waals surface area contributed by atoms with Gasteiger partial charge in [-0.2, -0.15) is 5.10 Å². The zero-order valence-electron chi connectivity index (χ0n) is 10.0. The maximum absolute atomic E-state index is 4.63. The third kappa shape index (κ3) is 1.56. The van der Waals surface area contributed by atoms with Gasteiger partial charge in [-0.3, -0.25) is 5.10 Å². The van der Waals surface area contributed by atoms with E-state index in [0.717, 1.165) is 21.9 Å². The van der Waals surface area contributed by atoms with Crippen LogP contribution in [0.1, 0.15) is 16.4 Å². The molecule has 0 saturated carbocycles. The van der Waals surface area contributed by atoms with Crippen molar-refractivity contribution in [2.75, 3.05) is 0 Å². The van der Waals surface area contributed by atoms with E-state index in [1.165, 1.54) is 15.8 Å². The first-order valence-corrected chi connectivity index (χ1v) is 6.36. The molecule has 0 unspecified atom stereocenters. The molecule has 0 spiro atoms. The number of benzene rings is 1. The maximum atomic E-state index is 4.63. The SMILES string of the molecule is Cc1nc2c(-c3c(C)n[nH]c3C)cccc2s1. The summed E-state index contributed by atoms with van der Waals surface area (Å²) in [6.07, 6.45) is 0. The number of para-hydroxylation sites is 1. The van der Waals surface area contributed by atoms with E-state index in [1.54, 1.807) is 11.3 Å². The van der Waals surface area contributed by atoms with Gasteiger partial charge in [-0.25, -0.2) is 4.98 Å². The highest BCUT2D eigenvalue weighted by molar-refractivity contribution is 7.18. The molecule has 2 heterocycles. The molecule has 3 aromatic rings. The number of hydrogen-bond donors (Lipinski definition) is 1. The molecule has 86 valence electrons. The molecule has 2 aromatic heterocycles. The monoisotopic (exact) mass is 243 g/mol. The third-order valence-corrected chi connectivity index (χ3v) is 3.86. The van der Waals surface area contributed by atoms with Crippen molar-refractivity contribution in [1.82, 2.24) is 15.2 Å². The second kappa shape index (κ2) is 3.67. The number of thiazole rings is 1. The van der Waals surface area contributed by atoms with Crippen molar-refractivity contribution in [3.63, 3.8) is 0 Å². The van der Waals surface area contributed by atoms with Gasteiger partial charge in [-0.1, -0.05) is 12.1 Å². The van der Waals surface area contributed by atoms with Crippen molar-refractivity contribution in [1.29, 1.82) is 0 Å². The lowest BCUT2D eigenvalue weighted by atomic mass is 10.0. The molecule has 0 aliphatic rings. The van der Waals surface area contributed by atoms with Crippen LogP contribution in [0.3, 0.4) is 0 Å². The van der Waals surface area contributed by atoms with Gasteiger partial charge in [0.05, 0.1) is 20.9 Å². The Hall–Kier alpha value is -1.68. The Morgan fingerprint density at radius 2 is 2.00 bits per heavy atom. The summed E-state index contributed by atoms with van der Waals surface area (Å²) in [6, 6.07) is 6.32. The van der Waals surface area contributed by atoms with Crippen molar-refractivity contribution >= 4 is 21.6 Å². The number of rotatable bonds is 1. The number of aryl methyl sites for hydroxylation is 3. The third-order valence-electron chi connectivity index (χ3n) is 2.92. The standard InChI is InChI=1S/C13H13N3S/c1-7-12(8(2)16-15-7)10-5-4-6-11-13(10)14-9(3)17-11/h4-6H,1-3H3,(H,15,16). The minimum Gasteiger partial charge on any atom is -0.282 e. The molecule has 0 aliphatic carbocycles. The largest absolute Gasteiger partial charge is 0.282 e. The summed E-state index contributed by atoms with van der Waals surface area (Å²) < 4.78 is 1.24. The quantitative estimate of drug-likeness (QED) is 0.709. The van der Waals surface area contributed by atoms with Gasteiger partial charge in [0.15, 0.2) is 0 Å². The first kappa shape index (κ1) is 10.5. The van der Waals surface area contributed by atoms with Gasteiger partial charge < -0.3 is 0 Å². The van der Waals surface area contributed by atoms with Gasteiger partial charge in [0.1, 0.15) is 0 Å². The number of nitrogens with zero attached hydrogens (tertiary/aromatic N) is 2. The van der Waals surface area contributed by atoms with Crippen molar-refractivity contribution in [2.45, 2.75) is 20.8 Å². The minimum absolute atomic E-state index is 1.03. The maximum Gasteiger partial charge on any atom is 0.0908 e. The molecular weight excluding hydrogens is 230 g/mol. The highest BCUT2D eigenvalue weighted by atomic mass is 32.1. The second-order valence-electron chi connectivity index (χ2n) is 4.19. The van der Waals surface area contributed by atoms with Crippen LogP contribution < -0.4 is 0 Å². The van der Waals surface area contributed by atoms with Crippen LogP contribution in [0, 0.1) is 20.8 Å². The van der Waals surface area contributed by atoms with Crippen LogP contribution in [0.25, 0.3) is 21.3 Å². The molecule has 17 heavy (non-hydrogen) atoms. The van der Waals surface area contributed by atoms with E-state index in [9.17, 15) is 0 Å². The molecule has 0 bridgehead atoms. The van der Waals surface area contributed by atoms with E-state index in [0.29, 0.717) is 0 Å². The molecule has 4 heteroatoms. The summed E-state index contributed by atoms with van der Waals surface area (Å²) in [5.41, 5.74) is 5.57. The zero-order chi connectivity index (χ0) is 12.0. The number of fused-ring (bicyclic) bond motifs is 1. The molecule has 0 radical (unpaired) electrons. The van der Waals surface area contributed by atoms with E-state index in [1.807, 2.05) is 20.8 Å². The number of H-pyrrole nitrogens is 1. The van der Waals surface area contributed by atoms with E-state index in [2.05, 4.69) is 33.4 Å². The molecule has 0 aliphatic heterocycles. The van der Waals surface area contributed by atoms with E-state index >= 15 is 0 Å². The molecular formula is C13H13N3S. The van der Waals surface area contributed by atoms with Crippen LogP contribution in [-0.2, 0) is 0 Å². The zero-order valence-corrected chi connectivity index (χ0v) is 10.9. The first-order chi connectivity index (χ1) is 8.16. The Morgan fingerprint density at radius 1 is 1.18 bits per heavy atom. The van der Waals surface area contributed by atoms with Crippen molar-refractivity contribution in [3.8, 4) is 11.1 Å². The number of aromatic nitrogens is 3. The molecule has 1 N–H and O–H groups in total. The molecule has 0 saturated heterocycles. The van der Waals surface area contributed by atoms with Gasteiger partial charge in [0.25, 0.3) is 0 Å². The fourth-order valence-electron chi connectivity index (χ4n) is 2.21. The molecule has 0 fully saturated rings. The molecule has 0 amide bonds. The normalized spacial score (nSPS) is 11.2. The summed E-state index contributed by atoms with van der Waals surface area (Å²) in [5.74, 6) is 0. The summed E-state index contributed by atoms with van der Waals surface area (Å²) in [5, 5.41) is 8.39. The van der Waals surface area contributed by atoms with Crippen LogP contribution in [0.4, 0.5) is 0 Å². The summed E-state index contributed by atoms with van der Waals surface area (Å²) in [4.78, 5) is 4.63. The van der Waals surface area contributed by atoms with E-state index in [-0.39, 0.29) is 0 Å². The second-order valence-corrected chi connectivity index (χ2v) is 5.43. The Labute approximate surface area is 104 Å². The van der Waals surface area contributed by atoms with Crippen molar-refractivity contribution in [2.24, 2.45) is 0 Å². The molecule has 3 rings (SSSR count). The van der Waals surface area contributed by atoms with Gasteiger partial charge in [0, 0.05) is 16.8 Å². The van der Waals surface area contributed by atoms with Crippen molar-refractivity contribution < 1.29 is 0 Å². The number of hydrogen-bond acceptors (Lipinski definition) is 3. The Bertz CT molecular complexity index is 674. The van der Waals surface area contributed by atoms with Crippen LogP contribution in [0.5, 0.6) is 0 Å². The Kier molecular flexibility index (Phi) is 2.26. The average Bonchev–Trinajstić information content (AvgIpc) is 2.81. The molecule has 1 aromatic carbocycles. The van der Waals surface area contributed by atoms with Crippen molar-refractivity contribution in [3.05, 3.63) is 34.6 Å². The van der Waals surface area contributed by atoms with Gasteiger partial charge in [0.2, 0.25) is 0 Å². The fraction of sp³-hybridized carbons (Fsp3) is 0.231. The van der Waals surface area contributed by atoms with E-state index < -0.39 is 0 Å². The summed E-state index contributed by atoms with van der Waals surface area (Å²) in [6.45, 7) is 6.12. The van der Waals surface area contributed by atoms with Gasteiger partial charge in [-0.05, 0) is 26.8 Å². The smallest absolute Gasteiger partial charge is 0.0908 e. The lowest BCUT2D eigenvalue weighted by molar-refractivity contribution is 1.02. The highest BCUT2D eigenvalue weighted by Gasteiger charge is 2.13. The Morgan fingerprint density at radius 3 is 2.71 bits per heavy atom. The molecule has 0 atom stereocenters. The summed E-state index contributed by atoms with van der Waals surface area (Å²) >= 11 is 1.73. The number of nitrogens with one attached hydrogen (secondary N) is 1. The lowest BCUT2D eigenvalue weighted by Gasteiger charge is -2.02. The van der Waals surface area contributed by atoms with Crippen LogP contribution >= 0.6 is 11.3 Å². The van der Waals surface area contributed by atoms with Gasteiger partial charge in [-0.15, -0.1) is 11.3 Å². The van der Waals surface area contributed by atoms with Crippen LogP contribution in [-0.4, -0.2) is 15.2 Å². The highest BCUT2D eigenvalue weighted by Crippen LogP contribution is 2.33. The van der Waals surface area contributed by atoms with E-state index in [4.69, 9.17) is 0 Å². The predicted octanol–water partition coefficient (Wildman–Crippen LogP) is 3.61. The predicted molar refractivity (Wildman–Crippen MR) is 71.4 cm³/mol. The first-order valence-electron chi connectivity index (χ1n) is 5.55. The number of aromatic amines is 1. The van der Waals surface area contributed by atoms with Crippen LogP contribution in [0.2, 0.25) is 0 Å². The average molecular weight is 243 g/mol. The van der Waals surface area contributed by atoms with Crippen LogP contribution in [0.15, 0.2) is 18.2 Å². The fourth-order valence-corrected chi connectivity index (χ4v) is 3.06. The topological polar surface area (TPSA) is 41.6 Å². The minimum atomic E-state index is 1.03. The van der Waals surface area contributed by atoms with Gasteiger partial charge >= 0.3 is 0 Å². The molecule has 3 nitrogen and oxygen atoms in total. The Balaban J connectivity index is 2.38.